The summed E-state index contributed by atoms with van der Waals surface area (Å²) in [4.78, 5) is 0. The summed E-state index contributed by atoms with van der Waals surface area (Å²) in [7, 11) is -2.61. The van der Waals surface area contributed by atoms with E-state index in [-0.39, 0.29) is 5.56 Å². The van der Waals surface area contributed by atoms with Gasteiger partial charge in [-0.25, -0.2) is 4.39 Å². The van der Waals surface area contributed by atoms with Gasteiger partial charge in [-0.2, -0.15) is 13.2 Å². The van der Waals surface area contributed by atoms with Gasteiger partial charge in [0.15, 0.2) is 13.9 Å². The van der Waals surface area contributed by atoms with Crippen LogP contribution in [0.5, 0.6) is 0 Å². The van der Waals surface area contributed by atoms with Crippen molar-refractivity contribution in [3.05, 3.63) is 35.6 Å². The van der Waals surface area contributed by atoms with Crippen molar-refractivity contribution in [3.8, 4) is 0 Å². The monoisotopic (exact) mass is 441 g/mol. The average molecular weight is 442 g/mol. The van der Waals surface area contributed by atoms with Crippen molar-refractivity contribution >= 4 is 19.7 Å². The Kier molecular flexibility index (Phi) is 7.50. The first kappa shape index (κ1) is 25.4. The molecular formula is C19H31F4NO2SSi. The number of benzene rings is 1. The SMILES string of the molecule is CC(C)(C)[S@+]([O-])N[C@@](C)(C[C@](C)(O[Si](C)(C)C)C(F)(F)F)c1ccccc1F. The molecule has 28 heavy (non-hydrogen) atoms. The van der Waals surface area contributed by atoms with Crippen molar-refractivity contribution in [2.24, 2.45) is 0 Å². The van der Waals surface area contributed by atoms with E-state index in [2.05, 4.69) is 4.72 Å². The fourth-order valence-electron chi connectivity index (χ4n) is 3.00. The molecule has 0 radical (unpaired) electrons. The van der Waals surface area contributed by atoms with Crippen molar-refractivity contribution in [2.75, 3.05) is 0 Å². The van der Waals surface area contributed by atoms with Crippen molar-refractivity contribution in [3.63, 3.8) is 0 Å². The predicted molar refractivity (Wildman–Crippen MR) is 108 cm³/mol. The second-order valence-corrected chi connectivity index (χ2v) is 15.8. The molecular weight excluding hydrogens is 410 g/mol. The van der Waals surface area contributed by atoms with Crippen LogP contribution >= 0.6 is 0 Å². The van der Waals surface area contributed by atoms with Gasteiger partial charge in [-0.15, -0.1) is 4.72 Å². The molecule has 0 amide bonds. The second kappa shape index (κ2) is 8.26. The second-order valence-electron chi connectivity index (χ2n) is 9.41. The lowest BCUT2D eigenvalue weighted by molar-refractivity contribution is -0.252. The van der Waals surface area contributed by atoms with E-state index in [4.69, 9.17) is 4.43 Å². The van der Waals surface area contributed by atoms with Crippen LogP contribution in [0.4, 0.5) is 17.6 Å². The van der Waals surface area contributed by atoms with Crippen LogP contribution in [0.3, 0.4) is 0 Å². The van der Waals surface area contributed by atoms with Crippen molar-refractivity contribution in [1.29, 1.82) is 0 Å². The van der Waals surface area contributed by atoms with Gasteiger partial charge in [0.05, 0.1) is 5.54 Å². The summed E-state index contributed by atoms with van der Waals surface area (Å²) >= 11 is -1.73. The van der Waals surface area contributed by atoms with Crippen molar-refractivity contribution < 1.29 is 26.5 Å². The lowest BCUT2D eigenvalue weighted by Crippen LogP contribution is -2.59. The number of hydrogen-bond donors (Lipinski definition) is 1. The minimum atomic E-state index is -4.69. The summed E-state index contributed by atoms with van der Waals surface area (Å²) in [5.41, 5.74) is -4.10. The van der Waals surface area contributed by atoms with Crippen molar-refractivity contribution in [2.45, 2.75) is 82.7 Å². The normalized spacial score (nSPS) is 19.0. The number of hydrogen-bond acceptors (Lipinski definition) is 3. The van der Waals surface area contributed by atoms with E-state index >= 15 is 0 Å². The molecule has 0 spiro atoms. The van der Waals surface area contributed by atoms with E-state index in [1.165, 1.54) is 25.1 Å². The van der Waals surface area contributed by atoms with Crippen LogP contribution in [0, 0.1) is 5.82 Å². The fourth-order valence-corrected chi connectivity index (χ4v) is 5.43. The molecule has 1 N–H and O–H groups in total. The summed E-state index contributed by atoms with van der Waals surface area (Å²) in [6, 6.07) is 5.59. The highest BCUT2D eigenvalue weighted by molar-refractivity contribution is 7.90. The maximum atomic E-state index is 14.6. The van der Waals surface area contributed by atoms with E-state index < -0.39 is 54.0 Å². The lowest BCUT2D eigenvalue weighted by atomic mass is 9.81. The van der Waals surface area contributed by atoms with Gasteiger partial charge in [0.2, 0.25) is 0 Å². The molecule has 0 heterocycles. The molecule has 0 aromatic heterocycles. The summed E-state index contributed by atoms with van der Waals surface area (Å²) in [5.74, 6) is -0.666. The Balaban J connectivity index is 3.52. The van der Waals surface area contributed by atoms with Gasteiger partial charge in [-0.05, 0) is 60.3 Å². The number of halogens is 4. The predicted octanol–water partition coefficient (Wildman–Crippen LogP) is 5.66. The number of rotatable bonds is 7. The summed E-state index contributed by atoms with van der Waals surface area (Å²) in [6.45, 7) is 12.5. The molecule has 0 bridgehead atoms. The molecule has 1 aromatic carbocycles. The van der Waals surface area contributed by atoms with Gasteiger partial charge >= 0.3 is 6.18 Å². The Hall–Kier alpha value is -0.613. The first-order chi connectivity index (χ1) is 12.3. The topological polar surface area (TPSA) is 44.3 Å². The molecule has 0 aliphatic rings. The van der Waals surface area contributed by atoms with E-state index in [9.17, 15) is 22.1 Å². The maximum absolute atomic E-state index is 14.6. The molecule has 3 nitrogen and oxygen atoms in total. The Morgan fingerprint density at radius 2 is 1.54 bits per heavy atom. The highest BCUT2D eigenvalue weighted by Crippen LogP contribution is 2.45. The van der Waals surface area contributed by atoms with Crippen LogP contribution < -0.4 is 4.72 Å². The third-order valence-electron chi connectivity index (χ3n) is 4.16. The first-order valence-corrected chi connectivity index (χ1v) is 13.6. The van der Waals surface area contributed by atoms with Crippen LogP contribution in [-0.2, 0) is 21.3 Å². The lowest BCUT2D eigenvalue weighted by Gasteiger charge is -2.44. The highest BCUT2D eigenvalue weighted by Gasteiger charge is 2.58. The quantitative estimate of drug-likeness (QED) is 0.338. The number of nitrogens with one attached hydrogen (secondary N) is 1. The van der Waals surface area contributed by atoms with Crippen LogP contribution in [0.1, 0.15) is 46.6 Å². The molecule has 0 fully saturated rings. The standard InChI is InChI=1S/C19H31F4NO2SSi/c1-16(2,3)27(25)24-17(4,14-11-9-10-12-15(14)20)13-18(5,19(21,22)23)26-28(6,7)8/h9-12,24H,13H2,1-8H3/t17-,18-,27-/m0/s1. The summed E-state index contributed by atoms with van der Waals surface area (Å²) < 4.78 is 77.1. The Labute approximate surface area is 169 Å². The van der Waals surface area contributed by atoms with Gasteiger partial charge in [-0.3, -0.25) is 0 Å². The Morgan fingerprint density at radius 3 is 1.93 bits per heavy atom. The van der Waals surface area contributed by atoms with Crippen LogP contribution in [-0.4, -0.2) is 29.4 Å². The zero-order valence-corrected chi connectivity index (χ0v) is 19.6. The molecule has 1 rings (SSSR count). The third-order valence-corrected chi connectivity index (χ3v) is 6.98. The van der Waals surface area contributed by atoms with Crippen LogP contribution in [0.25, 0.3) is 0 Å². The Morgan fingerprint density at radius 1 is 1.04 bits per heavy atom. The van der Waals surface area contributed by atoms with Crippen LogP contribution in [0.15, 0.2) is 24.3 Å². The molecule has 0 aliphatic carbocycles. The molecule has 0 saturated carbocycles. The molecule has 162 valence electrons. The molecule has 0 unspecified atom stereocenters. The maximum Gasteiger partial charge on any atom is 0.416 e. The zero-order chi connectivity index (χ0) is 22.2. The molecule has 0 aliphatic heterocycles. The highest BCUT2D eigenvalue weighted by atomic mass is 32.2. The molecule has 3 atom stereocenters. The fraction of sp³-hybridized carbons (Fsp3) is 0.684. The van der Waals surface area contributed by atoms with Gasteiger partial charge in [0, 0.05) is 23.3 Å². The third kappa shape index (κ3) is 6.45. The van der Waals surface area contributed by atoms with E-state index in [0.29, 0.717) is 0 Å². The van der Waals surface area contributed by atoms with Gasteiger partial charge in [0.25, 0.3) is 0 Å². The first-order valence-electron chi connectivity index (χ1n) is 9.02. The van der Waals surface area contributed by atoms with Gasteiger partial charge in [0.1, 0.15) is 10.6 Å². The molecule has 9 heteroatoms. The largest absolute Gasteiger partial charge is 0.598 e. The van der Waals surface area contributed by atoms with E-state index in [1.807, 2.05) is 0 Å². The van der Waals surface area contributed by atoms with E-state index in [1.54, 1.807) is 46.5 Å². The number of alkyl halides is 3. The van der Waals surface area contributed by atoms with Gasteiger partial charge < -0.3 is 8.98 Å². The smallest absolute Gasteiger partial charge is 0.416 e. The zero-order valence-electron chi connectivity index (χ0n) is 17.8. The van der Waals surface area contributed by atoms with Crippen LogP contribution in [0.2, 0.25) is 19.6 Å². The van der Waals surface area contributed by atoms with Crippen molar-refractivity contribution in [1.82, 2.24) is 4.72 Å². The molecule has 0 saturated heterocycles. The molecule has 1 aromatic rings. The summed E-state index contributed by atoms with van der Waals surface area (Å²) in [6.07, 6.45) is -5.32. The Bertz CT molecular complexity index is 675. The van der Waals surface area contributed by atoms with E-state index in [0.717, 1.165) is 6.92 Å². The summed E-state index contributed by atoms with van der Waals surface area (Å²) in [5, 5.41) is 0. The minimum Gasteiger partial charge on any atom is -0.598 e. The average Bonchev–Trinajstić information content (AvgIpc) is 2.42. The minimum absolute atomic E-state index is 0.0160. The van der Waals surface area contributed by atoms with Gasteiger partial charge in [-0.1, -0.05) is 18.2 Å².